The third-order valence-electron chi connectivity index (χ3n) is 12.4. The normalized spacial score (nSPS) is 11.8. The van der Waals surface area contributed by atoms with Crippen LogP contribution < -0.4 is 0 Å². The molecule has 4 heterocycles. The molecule has 13 rings (SSSR count). The molecule has 0 saturated heterocycles. The van der Waals surface area contributed by atoms with E-state index in [-0.39, 0.29) is 0 Å². The van der Waals surface area contributed by atoms with Gasteiger partial charge in [0.2, 0.25) is 11.9 Å². The number of fused-ring (bicyclic) bond motifs is 9. The summed E-state index contributed by atoms with van der Waals surface area (Å²) in [5.74, 6) is 1.72. The predicted octanol–water partition coefficient (Wildman–Crippen LogP) is 15.1. The van der Waals surface area contributed by atoms with Crippen molar-refractivity contribution < 1.29 is 0 Å². The Morgan fingerprint density at radius 1 is 0.302 bits per heavy atom. The predicted molar refractivity (Wildman–Crippen MR) is 263 cm³/mol. The fourth-order valence-electron chi connectivity index (χ4n) is 9.45. The molecule has 9 aromatic carbocycles. The SMILES string of the molecule is c1ccc(-c2ccc3c4ccccc4n(-c4nc(-c5ccc(-c6ccc(-c7cccc8c7sc7ccccc78)cc6)cc5)nc(-n5c6ccccc6c6ccccc65)n4)c3c2)cc1. The Labute approximate surface area is 366 Å². The molecule has 0 unspecified atom stereocenters. The van der Waals surface area contributed by atoms with Gasteiger partial charge in [0.25, 0.3) is 0 Å². The summed E-state index contributed by atoms with van der Waals surface area (Å²) >= 11 is 1.87. The lowest BCUT2D eigenvalue weighted by molar-refractivity contribution is 0.893. The second-order valence-corrected chi connectivity index (χ2v) is 17.1. The Morgan fingerprint density at radius 2 is 0.762 bits per heavy atom. The summed E-state index contributed by atoms with van der Waals surface area (Å²) in [5, 5.41) is 7.21. The van der Waals surface area contributed by atoms with Crippen LogP contribution in [0.1, 0.15) is 0 Å². The number of rotatable bonds is 6. The first kappa shape index (κ1) is 35.6. The molecule has 0 saturated carbocycles. The van der Waals surface area contributed by atoms with Crippen molar-refractivity contribution in [2.75, 3.05) is 0 Å². The molecule has 294 valence electrons. The molecule has 13 aromatic rings. The van der Waals surface area contributed by atoms with Crippen molar-refractivity contribution in [1.82, 2.24) is 24.1 Å². The van der Waals surface area contributed by atoms with E-state index < -0.39 is 0 Å². The van der Waals surface area contributed by atoms with Crippen LogP contribution in [0.4, 0.5) is 0 Å². The van der Waals surface area contributed by atoms with E-state index in [1.165, 1.54) is 31.3 Å². The smallest absolute Gasteiger partial charge is 0.240 e. The summed E-state index contributed by atoms with van der Waals surface area (Å²) in [7, 11) is 0. The highest BCUT2D eigenvalue weighted by Crippen LogP contribution is 2.41. The molecule has 63 heavy (non-hydrogen) atoms. The maximum atomic E-state index is 5.38. The summed E-state index contributed by atoms with van der Waals surface area (Å²) in [6, 6.07) is 75.6. The molecule has 0 atom stereocenters. The average Bonchev–Trinajstić information content (AvgIpc) is 4.02. The van der Waals surface area contributed by atoms with E-state index in [2.05, 4.69) is 221 Å². The first-order valence-corrected chi connectivity index (χ1v) is 22.0. The van der Waals surface area contributed by atoms with Crippen molar-refractivity contribution >= 4 is 75.1 Å². The largest absolute Gasteiger partial charge is 0.278 e. The molecule has 0 aliphatic rings. The maximum absolute atomic E-state index is 5.38. The van der Waals surface area contributed by atoms with Crippen molar-refractivity contribution in [3.05, 3.63) is 212 Å². The van der Waals surface area contributed by atoms with Crippen molar-refractivity contribution in [1.29, 1.82) is 0 Å². The van der Waals surface area contributed by atoms with Crippen LogP contribution in [0.3, 0.4) is 0 Å². The van der Waals surface area contributed by atoms with E-state index in [1.807, 2.05) is 11.3 Å². The van der Waals surface area contributed by atoms with Gasteiger partial charge in [0.1, 0.15) is 0 Å². The van der Waals surface area contributed by atoms with Gasteiger partial charge in [-0.05, 0) is 63.7 Å². The lowest BCUT2D eigenvalue weighted by atomic mass is 9.98. The Bertz CT molecular complexity index is 3840. The van der Waals surface area contributed by atoms with Gasteiger partial charge in [0.05, 0.1) is 22.1 Å². The molecular weight excluding hydrogens is 787 g/mol. The van der Waals surface area contributed by atoms with Gasteiger partial charge < -0.3 is 0 Å². The van der Waals surface area contributed by atoms with Gasteiger partial charge in [-0.3, -0.25) is 9.13 Å². The summed E-state index contributed by atoms with van der Waals surface area (Å²) in [5.41, 5.74) is 12.1. The van der Waals surface area contributed by atoms with E-state index in [4.69, 9.17) is 15.0 Å². The van der Waals surface area contributed by atoms with E-state index in [0.29, 0.717) is 17.7 Å². The van der Waals surface area contributed by atoms with Gasteiger partial charge in [-0.25, -0.2) is 0 Å². The highest BCUT2D eigenvalue weighted by Gasteiger charge is 2.21. The molecule has 0 spiro atoms. The minimum absolute atomic E-state index is 0.557. The molecule has 0 fully saturated rings. The average molecular weight is 822 g/mol. The van der Waals surface area contributed by atoms with E-state index >= 15 is 0 Å². The number of hydrogen-bond donors (Lipinski definition) is 0. The first-order valence-electron chi connectivity index (χ1n) is 21.2. The second-order valence-electron chi connectivity index (χ2n) is 16.0. The van der Waals surface area contributed by atoms with E-state index in [9.17, 15) is 0 Å². The zero-order valence-electron chi connectivity index (χ0n) is 33.9. The number of nitrogens with zero attached hydrogens (tertiary/aromatic N) is 5. The van der Waals surface area contributed by atoms with Gasteiger partial charge >= 0.3 is 0 Å². The zero-order valence-corrected chi connectivity index (χ0v) is 34.7. The minimum atomic E-state index is 0.557. The number of thiophene rings is 1. The van der Waals surface area contributed by atoms with Crippen LogP contribution in [0.5, 0.6) is 0 Å². The molecule has 5 nitrogen and oxygen atoms in total. The Balaban J connectivity index is 0.962. The monoisotopic (exact) mass is 821 g/mol. The molecule has 4 aromatic heterocycles. The van der Waals surface area contributed by atoms with Gasteiger partial charge in [-0.1, -0.05) is 182 Å². The first-order chi connectivity index (χ1) is 31.2. The van der Waals surface area contributed by atoms with Crippen LogP contribution in [-0.2, 0) is 0 Å². The van der Waals surface area contributed by atoms with Crippen molar-refractivity contribution in [3.8, 4) is 56.7 Å². The molecule has 0 amide bonds. The molecule has 6 heteroatoms. The molecular formula is C57H35N5S. The number of aromatic nitrogens is 5. The summed E-state index contributed by atoms with van der Waals surface area (Å²) in [4.78, 5) is 16.0. The van der Waals surface area contributed by atoms with Crippen LogP contribution in [0.15, 0.2) is 212 Å². The highest BCUT2D eigenvalue weighted by molar-refractivity contribution is 7.26. The Kier molecular flexibility index (Phi) is 8.01. The highest BCUT2D eigenvalue weighted by atomic mass is 32.1. The fraction of sp³-hybridized carbons (Fsp3) is 0. The molecule has 0 radical (unpaired) electrons. The molecule has 0 aliphatic carbocycles. The standard InChI is InChI=1S/C57H35N5S/c1-2-13-36(14-3-1)41-33-34-46-45-17-6-10-23-51(45)62(52(46)35-41)57-59-55(58-56(60-57)61-49-21-8-4-15-43(49)44-16-5-9-22-50(44)61)40-31-27-38(28-32-40)37-25-29-39(30-26-37)42-19-12-20-48-47-18-7-11-24-53(47)63-54(42)48/h1-35H. The van der Waals surface area contributed by atoms with Crippen LogP contribution in [0, 0.1) is 0 Å². The number of hydrogen-bond acceptors (Lipinski definition) is 4. The third-order valence-corrected chi connectivity index (χ3v) is 13.7. The Morgan fingerprint density at radius 3 is 1.40 bits per heavy atom. The van der Waals surface area contributed by atoms with Crippen molar-refractivity contribution in [3.63, 3.8) is 0 Å². The van der Waals surface area contributed by atoms with Gasteiger partial charge in [-0.15, -0.1) is 11.3 Å². The van der Waals surface area contributed by atoms with Crippen molar-refractivity contribution in [2.45, 2.75) is 0 Å². The topological polar surface area (TPSA) is 48.5 Å². The molecule has 0 N–H and O–H groups in total. The van der Waals surface area contributed by atoms with Crippen molar-refractivity contribution in [2.24, 2.45) is 0 Å². The van der Waals surface area contributed by atoms with Crippen LogP contribution >= 0.6 is 11.3 Å². The minimum Gasteiger partial charge on any atom is -0.278 e. The van der Waals surface area contributed by atoms with E-state index in [1.54, 1.807) is 0 Å². The van der Waals surface area contributed by atoms with Crippen LogP contribution in [-0.4, -0.2) is 24.1 Å². The number of benzene rings is 9. The maximum Gasteiger partial charge on any atom is 0.240 e. The lowest BCUT2D eigenvalue weighted by Gasteiger charge is -2.13. The fourth-order valence-corrected chi connectivity index (χ4v) is 10.7. The Hall–Kier alpha value is -8.19. The van der Waals surface area contributed by atoms with Gasteiger partial charge in [0, 0.05) is 47.3 Å². The quantitative estimate of drug-likeness (QED) is 0.168. The van der Waals surface area contributed by atoms with Crippen LogP contribution in [0.2, 0.25) is 0 Å². The molecule has 0 aliphatic heterocycles. The summed E-state index contributed by atoms with van der Waals surface area (Å²) < 4.78 is 7.02. The van der Waals surface area contributed by atoms with Gasteiger partial charge in [0.15, 0.2) is 5.82 Å². The van der Waals surface area contributed by atoms with E-state index in [0.717, 1.165) is 71.4 Å². The summed E-state index contributed by atoms with van der Waals surface area (Å²) in [6.45, 7) is 0. The zero-order chi connectivity index (χ0) is 41.4. The summed E-state index contributed by atoms with van der Waals surface area (Å²) in [6.07, 6.45) is 0. The van der Waals surface area contributed by atoms with Crippen LogP contribution in [0.25, 0.3) is 120 Å². The molecule has 0 bridgehead atoms. The third kappa shape index (κ3) is 5.73. The second kappa shape index (κ2) is 14.2. The lowest BCUT2D eigenvalue weighted by Crippen LogP contribution is -2.10. The van der Waals surface area contributed by atoms with Gasteiger partial charge in [-0.2, -0.15) is 15.0 Å². The number of para-hydroxylation sites is 3.